The van der Waals surface area contributed by atoms with Crippen LogP contribution in [0.5, 0.6) is 5.75 Å². The third-order valence-electron chi connectivity index (χ3n) is 6.35. The van der Waals surface area contributed by atoms with Gasteiger partial charge < -0.3 is 9.29 Å². The standard InChI is InChI=1S/C31H37N3O4S2/c1-32-28-16-12-26(13-17-28)27-14-18-29(19-15-27)33-34-30-20-22-31(23-21-30)38-24-10-8-6-4-2-3-5-7-9-11-25-39-40(35,36)37/h12-23H,2-11,24-25H2,(H,35,36,37)/p-1. The van der Waals surface area contributed by atoms with Crippen molar-refractivity contribution >= 4 is 37.0 Å². The quantitative estimate of drug-likeness (QED) is 0.0492. The molecule has 3 rings (SSSR count). The van der Waals surface area contributed by atoms with Gasteiger partial charge in [-0.1, -0.05) is 87.8 Å². The highest BCUT2D eigenvalue weighted by molar-refractivity contribution is 8.69. The molecule has 0 saturated carbocycles. The molecule has 0 fully saturated rings. The van der Waals surface area contributed by atoms with E-state index in [1.54, 1.807) is 0 Å². The van der Waals surface area contributed by atoms with E-state index >= 15 is 0 Å². The highest BCUT2D eigenvalue weighted by Gasteiger charge is 2.00. The predicted octanol–water partition coefficient (Wildman–Crippen LogP) is 9.79. The normalized spacial score (nSPS) is 11.5. The fraction of sp³-hybridized carbons (Fsp3) is 0.387. The largest absolute Gasteiger partial charge is 0.739 e. The smallest absolute Gasteiger partial charge is 0.187 e. The van der Waals surface area contributed by atoms with Crippen LogP contribution in [-0.2, 0) is 9.15 Å². The summed E-state index contributed by atoms with van der Waals surface area (Å²) < 4.78 is 37.4. The summed E-state index contributed by atoms with van der Waals surface area (Å²) in [7, 11) is -3.62. The summed E-state index contributed by atoms with van der Waals surface area (Å²) in [6.45, 7) is 7.76. The van der Waals surface area contributed by atoms with Crippen LogP contribution in [0.15, 0.2) is 83.0 Å². The molecule has 0 N–H and O–H groups in total. The Morgan fingerprint density at radius 2 is 1.12 bits per heavy atom. The molecule has 0 aliphatic heterocycles. The Labute approximate surface area is 242 Å². The Balaban J connectivity index is 1.23. The second kappa shape index (κ2) is 17.5. The van der Waals surface area contributed by atoms with Crippen LogP contribution in [0.4, 0.5) is 17.1 Å². The molecular formula is C31H36N3O4S2-. The van der Waals surface area contributed by atoms with Crippen LogP contribution < -0.4 is 4.74 Å². The van der Waals surface area contributed by atoms with Crippen molar-refractivity contribution in [3.63, 3.8) is 0 Å². The van der Waals surface area contributed by atoms with Crippen molar-refractivity contribution in [3.8, 4) is 16.9 Å². The number of azo groups is 1. The maximum absolute atomic E-state index is 10.5. The average Bonchev–Trinajstić information content (AvgIpc) is 2.96. The molecule has 0 unspecified atom stereocenters. The minimum atomic E-state index is -4.13. The molecule has 0 atom stereocenters. The summed E-state index contributed by atoms with van der Waals surface area (Å²) in [5.41, 5.74) is 4.29. The van der Waals surface area contributed by atoms with Gasteiger partial charge >= 0.3 is 0 Å². The second-order valence-electron chi connectivity index (χ2n) is 9.51. The lowest BCUT2D eigenvalue weighted by Gasteiger charge is -2.07. The first kappa shape index (κ1) is 31.3. The molecule has 0 bridgehead atoms. The van der Waals surface area contributed by atoms with Crippen molar-refractivity contribution in [3.05, 3.63) is 84.2 Å². The third-order valence-corrected chi connectivity index (χ3v) is 8.46. The van der Waals surface area contributed by atoms with Gasteiger partial charge in [0, 0.05) is 5.75 Å². The fourth-order valence-electron chi connectivity index (χ4n) is 4.14. The van der Waals surface area contributed by atoms with E-state index in [2.05, 4.69) is 15.1 Å². The summed E-state index contributed by atoms with van der Waals surface area (Å²) in [4.78, 5) is 3.42. The number of unbranched alkanes of at least 4 members (excludes halogenated alkanes) is 9. The molecule has 0 spiro atoms. The van der Waals surface area contributed by atoms with E-state index in [4.69, 9.17) is 11.3 Å². The molecule has 0 heterocycles. The van der Waals surface area contributed by atoms with Crippen LogP contribution in [0.2, 0.25) is 0 Å². The molecule has 212 valence electrons. The summed E-state index contributed by atoms with van der Waals surface area (Å²) in [6.07, 6.45) is 11.1. The molecular weight excluding hydrogens is 542 g/mol. The summed E-state index contributed by atoms with van der Waals surface area (Å²) in [6, 6.07) is 23.0. The molecule has 0 radical (unpaired) electrons. The highest BCUT2D eigenvalue weighted by Crippen LogP contribution is 2.26. The SMILES string of the molecule is [C-]#[N+]c1ccc(-c2ccc(N=Nc3ccc(OCCCCCCCCCCCCSS(=O)(=O)[O-])cc3)cc2)cc1. The number of ether oxygens (including phenoxy) is 1. The van der Waals surface area contributed by atoms with Gasteiger partial charge in [0.15, 0.2) is 5.69 Å². The minimum absolute atomic E-state index is 0.405. The van der Waals surface area contributed by atoms with Crippen molar-refractivity contribution < 1.29 is 17.7 Å². The predicted molar refractivity (Wildman–Crippen MR) is 163 cm³/mol. The van der Waals surface area contributed by atoms with Gasteiger partial charge in [-0.2, -0.15) is 10.2 Å². The maximum Gasteiger partial charge on any atom is 0.187 e. The van der Waals surface area contributed by atoms with Gasteiger partial charge in [0.05, 0.1) is 24.6 Å². The molecule has 0 aliphatic rings. The van der Waals surface area contributed by atoms with Crippen LogP contribution >= 0.6 is 10.8 Å². The number of nitrogens with zero attached hydrogens (tertiary/aromatic N) is 3. The van der Waals surface area contributed by atoms with Gasteiger partial charge in [-0.15, -0.1) is 0 Å². The lowest BCUT2D eigenvalue weighted by molar-refractivity contribution is 0.304. The molecule has 0 saturated heterocycles. The second-order valence-corrected chi connectivity index (χ2v) is 12.9. The van der Waals surface area contributed by atoms with Crippen molar-refractivity contribution in [2.45, 2.75) is 64.2 Å². The Bertz CT molecular complexity index is 1320. The Morgan fingerprint density at radius 3 is 1.62 bits per heavy atom. The fourth-order valence-corrected chi connectivity index (χ4v) is 5.63. The first-order chi connectivity index (χ1) is 19.4. The van der Waals surface area contributed by atoms with Crippen molar-refractivity contribution in [1.82, 2.24) is 0 Å². The molecule has 3 aromatic rings. The van der Waals surface area contributed by atoms with Gasteiger partial charge in [-0.3, -0.25) is 0 Å². The number of benzene rings is 3. The Morgan fingerprint density at radius 1 is 0.675 bits per heavy atom. The zero-order valence-corrected chi connectivity index (χ0v) is 24.3. The molecule has 0 aromatic heterocycles. The van der Waals surface area contributed by atoms with E-state index in [0.29, 0.717) is 28.8 Å². The summed E-state index contributed by atoms with van der Waals surface area (Å²) in [5, 5.41) is 8.65. The zero-order valence-electron chi connectivity index (χ0n) is 22.7. The number of rotatable bonds is 18. The molecule has 40 heavy (non-hydrogen) atoms. The highest BCUT2D eigenvalue weighted by atomic mass is 33.1. The Kier molecular flexibility index (Phi) is 13.7. The van der Waals surface area contributed by atoms with Gasteiger partial charge in [-0.05, 0) is 71.2 Å². The van der Waals surface area contributed by atoms with E-state index in [1.165, 1.54) is 32.1 Å². The maximum atomic E-state index is 10.5. The lowest BCUT2D eigenvalue weighted by Crippen LogP contribution is -1.96. The van der Waals surface area contributed by atoms with E-state index < -0.39 is 9.15 Å². The van der Waals surface area contributed by atoms with Crippen LogP contribution in [0, 0.1) is 6.57 Å². The van der Waals surface area contributed by atoms with Gasteiger partial charge in [-0.25, -0.2) is 13.3 Å². The van der Waals surface area contributed by atoms with Gasteiger partial charge in [0.25, 0.3) is 0 Å². The number of hydrogen-bond acceptors (Lipinski definition) is 7. The first-order valence-corrected chi connectivity index (χ1v) is 16.7. The summed E-state index contributed by atoms with van der Waals surface area (Å²) in [5.74, 6) is 1.24. The molecule has 0 amide bonds. The van der Waals surface area contributed by atoms with Crippen molar-refractivity contribution in [2.24, 2.45) is 10.2 Å². The van der Waals surface area contributed by atoms with Crippen molar-refractivity contribution in [1.29, 1.82) is 0 Å². The molecule has 0 aliphatic carbocycles. The van der Waals surface area contributed by atoms with Crippen LogP contribution in [0.1, 0.15) is 64.2 Å². The minimum Gasteiger partial charge on any atom is -0.739 e. The molecule has 3 aromatic carbocycles. The van der Waals surface area contributed by atoms with Crippen LogP contribution in [0.25, 0.3) is 16.0 Å². The molecule has 9 heteroatoms. The average molecular weight is 579 g/mol. The van der Waals surface area contributed by atoms with Gasteiger partial charge in [0.1, 0.15) is 14.9 Å². The number of hydrogen-bond donors (Lipinski definition) is 0. The van der Waals surface area contributed by atoms with E-state index in [1.807, 2.05) is 72.8 Å². The zero-order chi connectivity index (χ0) is 28.5. The summed E-state index contributed by atoms with van der Waals surface area (Å²) >= 11 is 0. The van der Waals surface area contributed by atoms with Crippen molar-refractivity contribution in [2.75, 3.05) is 12.4 Å². The van der Waals surface area contributed by atoms with Crippen LogP contribution in [0.3, 0.4) is 0 Å². The molecule has 7 nitrogen and oxygen atoms in total. The first-order valence-electron chi connectivity index (χ1n) is 13.8. The third kappa shape index (κ3) is 12.8. The monoisotopic (exact) mass is 578 g/mol. The van der Waals surface area contributed by atoms with Gasteiger partial charge in [0.2, 0.25) is 0 Å². The van der Waals surface area contributed by atoms with E-state index in [-0.39, 0.29) is 0 Å². The van der Waals surface area contributed by atoms with E-state index in [0.717, 1.165) is 60.4 Å². The Hall–Kier alpha value is -3.19. The van der Waals surface area contributed by atoms with Crippen LogP contribution in [-0.4, -0.2) is 25.3 Å². The lowest BCUT2D eigenvalue weighted by atomic mass is 10.1. The topological polar surface area (TPSA) is 95.5 Å². The van der Waals surface area contributed by atoms with E-state index in [9.17, 15) is 13.0 Å².